The number of carbonyl (C=O) groups excluding carboxylic acids is 2. The fourth-order valence-electron chi connectivity index (χ4n) is 2.88. The van der Waals surface area contributed by atoms with Gasteiger partial charge in [0.1, 0.15) is 12.4 Å². The third-order valence-electron chi connectivity index (χ3n) is 3.53. The van der Waals surface area contributed by atoms with Gasteiger partial charge in [0.2, 0.25) is 0 Å². The summed E-state index contributed by atoms with van der Waals surface area (Å²) in [6.07, 6.45) is 3.96. The molecule has 2 rings (SSSR count). The van der Waals surface area contributed by atoms with Gasteiger partial charge in [-0.2, -0.15) is 0 Å². The molecule has 90 valence electrons. The van der Waals surface area contributed by atoms with Crippen molar-refractivity contribution >= 4 is 11.9 Å². The molecule has 2 fully saturated rings. The lowest BCUT2D eigenvalue weighted by Gasteiger charge is -2.45. The summed E-state index contributed by atoms with van der Waals surface area (Å²) in [6.45, 7) is 1.03. The molecule has 0 aromatic carbocycles. The van der Waals surface area contributed by atoms with Crippen molar-refractivity contribution in [2.24, 2.45) is 5.73 Å². The first-order chi connectivity index (χ1) is 7.66. The molecule has 5 nitrogen and oxygen atoms in total. The maximum Gasteiger partial charge on any atom is 0.404 e. The van der Waals surface area contributed by atoms with Gasteiger partial charge in [-0.25, -0.2) is 4.79 Å². The van der Waals surface area contributed by atoms with Crippen LogP contribution in [0.25, 0.3) is 0 Å². The Hall–Kier alpha value is -1.10. The van der Waals surface area contributed by atoms with Crippen molar-refractivity contribution < 1.29 is 14.3 Å². The van der Waals surface area contributed by atoms with Crippen molar-refractivity contribution in [2.45, 2.75) is 44.2 Å². The quantitative estimate of drug-likeness (QED) is 0.767. The Morgan fingerprint density at radius 1 is 1.38 bits per heavy atom. The molecule has 2 N–H and O–H groups in total. The number of hydrogen-bond donors (Lipinski definition) is 1. The van der Waals surface area contributed by atoms with Gasteiger partial charge >= 0.3 is 6.09 Å². The third kappa shape index (κ3) is 2.52. The lowest BCUT2D eigenvalue weighted by Crippen LogP contribution is -2.53. The van der Waals surface area contributed by atoms with Gasteiger partial charge in [-0.3, -0.25) is 9.69 Å². The van der Waals surface area contributed by atoms with Crippen molar-refractivity contribution in [3.8, 4) is 0 Å². The van der Waals surface area contributed by atoms with Crippen LogP contribution in [0, 0.1) is 0 Å². The zero-order valence-corrected chi connectivity index (χ0v) is 9.35. The van der Waals surface area contributed by atoms with Crippen molar-refractivity contribution in [2.75, 3.05) is 13.2 Å². The molecule has 5 heteroatoms. The molecule has 16 heavy (non-hydrogen) atoms. The Morgan fingerprint density at radius 2 is 2.00 bits per heavy atom. The summed E-state index contributed by atoms with van der Waals surface area (Å²) in [5.74, 6) is 0.377. The zero-order chi connectivity index (χ0) is 11.5. The number of carbonyl (C=O) groups is 2. The largest absolute Gasteiger partial charge is 0.448 e. The summed E-state index contributed by atoms with van der Waals surface area (Å²) in [6, 6.07) is 0.716. The minimum absolute atomic E-state index is 0.330. The normalized spacial score (nSPS) is 30.1. The summed E-state index contributed by atoms with van der Waals surface area (Å²) in [5.41, 5.74) is 4.91. The molecule has 2 saturated heterocycles. The van der Waals surface area contributed by atoms with Gasteiger partial charge in [0.25, 0.3) is 0 Å². The van der Waals surface area contributed by atoms with Crippen molar-refractivity contribution in [1.29, 1.82) is 0 Å². The summed E-state index contributed by atoms with van der Waals surface area (Å²) in [4.78, 5) is 24.3. The van der Waals surface area contributed by atoms with Gasteiger partial charge in [0, 0.05) is 31.5 Å². The molecule has 0 saturated carbocycles. The van der Waals surface area contributed by atoms with E-state index in [1.54, 1.807) is 0 Å². The fraction of sp³-hybridized carbons (Fsp3) is 0.818. The molecule has 2 bridgehead atoms. The van der Waals surface area contributed by atoms with Crippen LogP contribution in [-0.2, 0) is 9.53 Å². The van der Waals surface area contributed by atoms with Crippen LogP contribution in [-0.4, -0.2) is 42.0 Å². The average molecular weight is 226 g/mol. The Labute approximate surface area is 94.9 Å². The molecule has 0 aliphatic carbocycles. The highest BCUT2D eigenvalue weighted by molar-refractivity contribution is 5.80. The average Bonchev–Trinajstić information content (AvgIpc) is 2.18. The van der Waals surface area contributed by atoms with E-state index in [-0.39, 0.29) is 0 Å². The number of ether oxygens (including phenoxy) is 1. The monoisotopic (exact) mass is 226 g/mol. The SMILES string of the molecule is NC(=O)OCCN1C2CCCC1CC(=O)C2. The molecular formula is C11H18N2O3. The number of Topliss-reactive ketones (excluding diaryl/α,β-unsaturated/α-hetero) is 1. The van der Waals surface area contributed by atoms with Crippen LogP contribution in [0.1, 0.15) is 32.1 Å². The number of nitrogens with two attached hydrogens (primary N) is 1. The first kappa shape index (κ1) is 11.4. The van der Waals surface area contributed by atoms with Gasteiger partial charge in [-0.15, -0.1) is 0 Å². The Bertz CT molecular complexity index is 277. The predicted octanol–water partition coefficient (Wildman–Crippen LogP) is 0.668. The number of fused-ring (bicyclic) bond motifs is 2. The standard InChI is InChI=1S/C11H18N2O3/c12-11(15)16-5-4-13-8-2-1-3-9(13)7-10(14)6-8/h8-9H,1-7H2,(H2,12,15). The minimum atomic E-state index is -0.724. The molecule has 2 atom stereocenters. The summed E-state index contributed by atoms with van der Waals surface area (Å²) < 4.78 is 4.75. The third-order valence-corrected chi connectivity index (χ3v) is 3.53. The number of rotatable bonds is 3. The second-order valence-electron chi connectivity index (χ2n) is 4.59. The van der Waals surface area contributed by atoms with Gasteiger partial charge < -0.3 is 10.5 Å². The smallest absolute Gasteiger partial charge is 0.404 e. The van der Waals surface area contributed by atoms with E-state index < -0.39 is 6.09 Å². The highest BCUT2D eigenvalue weighted by Crippen LogP contribution is 2.31. The summed E-state index contributed by atoms with van der Waals surface area (Å²) >= 11 is 0. The van der Waals surface area contributed by atoms with E-state index in [1.807, 2.05) is 0 Å². The first-order valence-electron chi connectivity index (χ1n) is 5.86. The molecule has 1 amide bonds. The Kier molecular flexibility index (Phi) is 3.43. The van der Waals surface area contributed by atoms with E-state index in [9.17, 15) is 9.59 Å². The number of hydrogen-bond acceptors (Lipinski definition) is 4. The Balaban J connectivity index is 1.88. The second kappa shape index (κ2) is 4.82. The first-order valence-corrected chi connectivity index (χ1v) is 5.86. The Morgan fingerprint density at radius 3 is 2.56 bits per heavy atom. The number of piperidine rings is 2. The molecule has 0 aromatic rings. The van der Waals surface area contributed by atoms with Gasteiger partial charge in [-0.05, 0) is 12.8 Å². The zero-order valence-electron chi connectivity index (χ0n) is 9.35. The van der Waals surface area contributed by atoms with Crippen molar-refractivity contribution in [3.63, 3.8) is 0 Å². The molecular weight excluding hydrogens is 208 g/mol. The van der Waals surface area contributed by atoms with E-state index in [1.165, 1.54) is 6.42 Å². The maximum atomic E-state index is 11.5. The van der Waals surface area contributed by atoms with Crippen LogP contribution >= 0.6 is 0 Å². The maximum absolute atomic E-state index is 11.5. The molecule has 2 heterocycles. The minimum Gasteiger partial charge on any atom is -0.448 e. The number of amides is 1. The lowest BCUT2D eigenvalue weighted by atomic mass is 9.84. The summed E-state index contributed by atoms with van der Waals surface area (Å²) in [7, 11) is 0. The van der Waals surface area contributed by atoms with Crippen LogP contribution in [0.5, 0.6) is 0 Å². The molecule has 2 aliphatic rings. The number of primary amides is 1. The molecule has 2 unspecified atom stereocenters. The van der Waals surface area contributed by atoms with Crippen molar-refractivity contribution in [1.82, 2.24) is 4.90 Å². The van der Waals surface area contributed by atoms with Gasteiger partial charge in [-0.1, -0.05) is 6.42 Å². The van der Waals surface area contributed by atoms with E-state index >= 15 is 0 Å². The van der Waals surface area contributed by atoms with Gasteiger partial charge in [0.05, 0.1) is 0 Å². The molecule has 0 aromatic heterocycles. The molecule has 0 spiro atoms. The lowest BCUT2D eigenvalue weighted by molar-refractivity contribution is -0.127. The number of ketones is 1. The van der Waals surface area contributed by atoms with Crippen molar-refractivity contribution in [3.05, 3.63) is 0 Å². The summed E-state index contributed by atoms with van der Waals surface area (Å²) in [5, 5.41) is 0. The van der Waals surface area contributed by atoms with Crippen LogP contribution in [0.2, 0.25) is 0 Å². The van der Waals surface area contributed by atoms with Crippen LogP contribution in [0.15, 0.2) is 0 Å². The molecule has 0 radical (unpaired) electrons. The van der Waals surface area contributed by atoms with Crippen LogP contribution in [0.4, 0.5) is 4.79 Å². The van der Waals surface area contributed by atoms with Crippen LogP contribution < -0.4 is 5.73 Å². The number of nitrogens with zero attached hydrogens (tertiary/aromatic N) is 1. The van der Waals surface area contributed by atoms with E-state index in [0.717, 1.165) is 12.8 Å². The highest BCUT2D eigenvalue weighted by atomic mass is 16.5. The molecule has 2 aliphatic heterocycles. The topological polar surface area (TPSA) is 72.6 Å². The fourth-order valence-corrected chi connectivity index (χ4v) is 2.88. The van der Waals surface area contributed by atoms with Gasteiger partial charge in [0.15, 0.2) is 0 Å². The van der Waals surface area contributed by atoms with E-state index in [2.05, 4.69) is 4.90 Å². The van der Waals surface area contributed by atoms with E-state index in [4.69, 9.17) is 10.5 Å². The second-order valence-corrected chi connectivity index (χ2v) is 4.59. The highest BCUT2D eigenvalue weighted by Gasteiger charge is 2.37. The van der Waals surface area contributed by atoms with E-state index in [0.29, 0.717) is 43.9 Å². The van der Waals surface area contributed by atoms with Crippen LogP contribution in [0.3, 0.4) is 0 Å². The predicted molar refractivity (Wildman–Crippen MR) is 57.9 cm³/mol.